The van der Waals surface area contributed by atoms with Crippen LogP contribution in [0, 0.1) is 5.82 Å². The molecule has 0 atom stereocenters. The molecule has 0 fully saturated rings. The third kappa shape index (κ3) is 2.68. The average Bonchev–Trinajstić information content (AvgIpc) is 2.17. The largest absolute Gasteiger partial charge is 0.461 e. The highest BCUT2D eigenvalue weighted by molar-refractivity contribution is 5.87. The molecule has 0 amide bonds. The lowest BCUT2D eigenvalue weighted by molar-refractivity contribution is 0.0518. The zero-order chi connectivity index (χ0) is 11.4. The number of nitrogens with zero attached hydrogens (tertiary/aromatic N) is 1. The van der Waals surface area contributed by atoms with E-state index in [0.29, 0.717) is 12.3 Å². The fourth-order valence-corrected chi connectivity index (χ4v) is 0.919. The minimum absolute atomic E-state index is 0.110. The summed E-state index contributed by atoms with van der Waals surface area (Å²) in [7, 11) is 0. The third-order valence-electron chi connectivity index (χ3n) is 1.60. The van der Waals surface area contributed by atoms with Crippen molar-refractivity contribution in [2.75, 3.05) is 6.61 Å². The molecule has 0 aliphatic heterocycles. The molecule has 0 saturated heterocycles. The van der Waals surface area contributed by atoms with Crippen LogP contribution in [0.1, 0.15) is 29.4 Å². The van der Waals surface area contributed by atoms with Crippen molar-refractivity contribution in [3.05, 3.63) is 29.3 Å². The summed E-state index contributed by atoms with van der Waals surface area (Å²) in [6, 6.07) is 0.638. The summed E-state index contributed by atoms with van der Waals surface area (Å²) in [6.07, 6.45) is -2.32. The standard InChI is InChI=1S/C9H8F3NO2/c1-2-15-9(14)7-3-6(10)5(4-13-7)8(11)12/h3-4,8H,2H2,1H3. The number of alkyl halides is 2. The van der Waals surface area contributed by atoms with Gasteiger partial charge in [0.05, 0.1) is 12.2 Å². The Balaban J connectivity index is 2.96. The molecule has 6 heteroatoms. The van der Waals surface area contributed by atoms with Gasteiger partial charge in [0.1, 0.15) is 5.82 Å². The molecule has 0 N–H and O–H groups in total. The van der Waals surface area contributed by atoms with Crippen LogP contribution in [0.15, 0.2) is 12.3 Å². The lowest BCUT2D eigenvalue weighted by atomic mass is 10.2. The molecule has 1 aromatic rings. The van der Waals surface area contributed by atoms with Crippen LogP contribution in [0.5, 0.6) is 0 Å². The monoisotopic (exact) mass is 219 g/mol. The van der Waals surface area contributed by atoms with E-state index in [1.165, 1.54) is 0 Å². The summed E-state index contributed by atoms with van der Waals surface area (Å²) in [5.41, 5.74) is -1.15. The summed E-state index contributed by atoms with van der Waals surface area (Å²) in [5.74, 6) is -2.00. The van der Waals surface area contributed by atoms with E-state index in [4.69, 9.17) is 0 Å². The second-order valence-corrected chi connectivity index (χ2v) is 2.61. The number of carbonyl (C=O) groups is 1. The Morgan fingerprint density at radius 2 is 2.27 bits per heavy atom. The van der Waals surface area contributed by atoms with Crippen LogP contribution in [0.2, 0.25) is 0 Å². The topological polar surface area (TPSA) is 39.2 Å². The minimum atomic E-state index is -2.95. The Bertz CT molecular complexity index is 368. The number of hydrogen-bond donors (Lipinski definition) is 0. The fourth-order valence-electron chi connectivity index (χ4n) is 0.919. The Morgan fingerprint density at radius 1 is 1.60 bits per heavy atom. The maximum atomic E-state index is 13.0. The van der Waals surface area contributed by atoms with Gasteiger partial charge in [-0.15, -0.1) is 0 Å². The van der Waals surface area contributed by atoms with Crippen molar-refractivity contribution in [3.63, 3.8) is 0 Å². The van der Waals surface area contributed by atoms with E-state index in [1.54, 1.807) is 6.92 Å². The minimum Gasteiger partial charge on any atom is -0.461 e. The van der Waals surface area contributed by atoms with Crippen molar-refractivity contribution in [1.82, 2.24) is 4.98 Å². The summed E-state index contributed by atoms with van der Waals surface area (Å²) in [5, 5.41) is 0. The predicted molar refractivity (Wildman–Crippen MR) is 45.1 cm³/mol. The number of rotatable bonds is 3. The van der Waals surface area contributed by atoms with Gasteiger partial charge in [-0.25, -0.2) is 22.9 Å². The molecule has 0 aliphatic rings. The zero-order valence-electron chi connectivity index (χ0n) is 7.84. The van der Waals surface area contributed by atoms with Crippen LogP contribution >= 0.6 is 0 Å². The Kier molecular flexibility index (Phi) is 3.65. The van der Waals surface area contributed by atoms with Gasteiger partial charge in [-0.2, -0.15) is 0 Å². The lowest BCUT2D eigenvalue weighted by Crippen LogP contribution is -2.08. The molecule has 82 valence electrons. The highest BCUT2D eigenvalue weighted by Gasteiger charge is 2.17. The van der Waals surface area contributed by atoms with Gasteiger partial charge in [-0.3, -0.25) is 0 Å². The van der Waals surface area contributed by atoms with E-state index in [0.717, 1.165) is 0 Å². The Morgan fingerprint density at radius 3 is 2.73 bits per heavy atom. The molecule has 0 bridgehead atoms. The molecule has 0 saturated carbocycles. The fraction of sp³-hybridized carbons (Fsp3) is 0.333. The number of pyridine rings is 1. The van der Waals surface area contributed by atoms with Gasteiger partial charge < -0.3 is 4.74 Å². The first-order valence-electron chi connectivity index (χ1n) is 4.17. The number of ether oxygens (including phenoxy) is 1. The van der Waals surface area contributed by atoms with E-state index >= 15 is 0 Å². The van der Waals surface area contributed by atoms with E-state index in [1.807, 2.05) is 0 Å². The van der Waals surface area contributed by atoms with Crippen molar-refractivity contribution in [3.8, 4) is 0 Å². The maximum Gasteiger partial charge on any atom is 0.357 e. The lowest BCUT2D eigenvalue weighted by Gasteiger charge is -2.03. The van der Waals surface area contributed by atoms with Crippen LogP contribution in [-0.4, -0.2) is 17.6 Å². The van der Waals surface area contributed by atoms with Crippen molar-refractivity contribution < 1.29 is 22.7 Å². The van der Waals surface area contributed by atoms with Gasteiger partial charge >= 0.3 is 5.97 Å². The van der Waals surface area contributed by atoms with Gasteiger partial charge in [0.15, 0.2) is 5.69 Å². The van der Waals surface area contributed by atoms with Crippen molar-refractivity contribution in [1.29, 1.82) is 0 Å². The van der Waals surface area contributed by atoms with Crippen molar-refractivity contribution in [2.45, 2.75) is 13.3 Å². The van der Waals surface area contributed by atoms with Crippen LogP contribution in [0.4, 0.5) is 13.2 Å². The summed E-state index contributed by atoms with van der Waals surface area (Å²) >= 11 is 0. The first-order chi connectivity index (χ1) is 7.06. The molecule has 0 aliphatic carbocycles. The molecular formula is C9H8F3NO2. The Hall–Kier alpha value is -1.59. The van der Waals surface area contributed by atoms with Crippen LogP contribution < -0.4 is 0 Å². The maximum absolute atomic E-state index is 13.0. The highest BCUT2D eigenvalue weighted by Crippen LogP contribution is 2.21. The second-order valence-electron chi connectivity index (χ2n) is 2.61. The van der Waals surface area contributed by atoms with Gasteiger partial charge in [-0.05, 0) is 6.92 Å². The number of halogens is 3. The van der Waals surface area contributed by atoms with E-state index in [2.05, 4.69) is 9.72 Å². The first-order valence-corrected chi connectivity index (χ1v) is 4.17. The smallest absolute Gasteiger partial charge is 0.357 e. The van der Waals surface area contributed by atoms with Gasteiger partial charge in [0.25, 0.3) is 6.43 Å². The highest BCUT2D eigenvalue weighted by atomic mass is 19.3. The molecule has 0 unspecified atom stereocenters. The average molecular weight is 219 g/mol. The normalized spacial score (nSPS) is 10.5. The van der Waals surface area contributed by atoms with Crippen molar-refractivity contribution >= 4 is 5.97 Å². The zero-order valence-corrected chi connectivity index (χ0v) is 7.84. The summed E-state index contributed by atoms with van der Waals surface area (Å²) in [4.78, 5) is 14.4. The molecular weight excluding hydrogens is 211 g/mol. The second kappa shape index (κ2) is 4.77. The number of aromatic nitrogens is 1. The SMILES string of the molecule is CCOC(=O)c1cc(F)c(C(F)F)cn1. The molecule has 0 radical (unpaired) electrons. The first kappa shape index (κ1) is 11.5. The predicted octanol–water partition coefficient (Wildman–Crippen LogP) is 2.33. The molecule has 3 nitrogen and oxygen atoms in total. The molecule has 1 rings (SSSR count). The van der Waals surface area contributed by atoms with E-state index < -0.39 is 23.8 Å². The van der Waals surface area contributed by atoms with E-state index in [-0.39, 0.29) is 12.3 Å². The number of carbonyl (C=O) groups excluding carboxylic acids is 1. The van der Waals surface area contributed by atoms with Crippen molar-refractivity contribution in [2.24, 2.45) is 0 Å². The number of esters is 1. The van der Waals surface area contributed by atoms with E-state index in [9.17, 15) is 18.0 Å². The number of hydrogen-bond acceptors (Lipinski definition) is 3. The summed E-state index contributed by atoms with van der Waals surface area (Å²) < 4.78 is 41.7. The quantitative estimate of drug-likeness (QED) is 0.732. The third-order valence-corrected chi connectivity index (χ3v) is 1.60. The molecule has 15 heavy (non-hydrogen) atoms. The molecule has 0 spiro atoms. The van der Waals surface area contributed by atoms with Crippen LogP contribution in [0.25, 0.3) is 0 Å². The van der Waals surface area contributed by atoms with Gasteiger partial charge in [0, 0.05) is 12.3 Å². The van der Waals surface area contributed by atoms with Crippen LogP contribution in [-0.2, 0) is 4.74 Å². The Labute approximate surface area is 83.9 Å². The van der Waals surface area contributed by atoms with Gasteiger partial charge in [0.2, 0.25) is 0 Å². The molecule has 0 aromatic carbocycles. The van der Waals surface area contributed by atoms with Gasteiger partial charge in [-0.1, -0.05) is 0 Å². The van der Waals surface area contributed by atoms with Crippen LogP contribution in [0.3, 0.4) is 0 Å². The molecule has 1 aromatic heterocycles. The molecule has 1 heterocycles. The summed E-state index contributed by atoms with van der Waals surface area (Å²) in [6.45, 7) is 1.68.